The number of aromatic nitrogens is 1. The maximum Gasteiger partial charge on any atom is 0.248 e. The Labute approximate surface area is 726 Å². The number of rotatable bonds is 2. The van der Waals surface area contributed by atoms with Crippen molar-refractivity contribution in [3.05, 3.63) is 245 Å². The summed E-state index contributed by atoms with van der Waals surface area (Å²) >= 11 is 2.58. The van der Waals surface area contributed by atoms with Gasteiger partial charge in [0, 0.05) is 39.1 Å². The number of benzene rings is 7. The molecule has 2 saturated carbocycles. The summed E-state index contributed by atoms with van der Waals surface area (Å²) < 4.78 is 50.2. The number of pyridine rings is 1. The molecule has 0 unspecified atom stereocenters. The molecule has 7 aromatic carbocycles. The standard InChI is InChI=1S/C23H32.C21H26F2.C19H27N.C15H17F.C11H18O.C11H18S.C11H18Se/c1-16-18-9-7-8-10-19(18)20(15-21(16)22(2,3)4)17-11-13-23(5,6)14-12-17;1-14-16-7-5-6-8-17(16)18(13-19(14)20(2,3)4)15-9-11-21(22,23)12-10-15;1-12-9-10-14-13(2)15(18(3,4)5)11-16(17(14)20-12)19(6,7)8;1-10-12-8-6-5-7-11(12)9-13(16)14(10)15(2,3)4;3*1-7-8(2)10(11(4,5)6)12-9(7)3/h7-10,15,17H,11-14H2,1-6H3;5-8,13,15H,9-12H2,1-4H3;9-11H,1-8H3;5-9H,1-4H3;3*1-6H3. The topological polar surface area (TPSA) is 26.0 Å². The van der Waals surface area contributed by atoms with Crippen LogP contribution in [-0.4, -0.2) is 25.4 Å². The molecule has 0 N–H and O–H groups in total. The number of hydrogen-bond donors (Lipinski definition) is 0. The summed E-state index contributed by atoms with van der Waals surface area (Å²) in [6.07, 6.45) is 6.59. The van der Waals surface area contributed by atoms with Crippen molar-refractivity contribution in [3.8, 4) is 0 Å². The number of hydrogen-bond acceptors (Lipinski definition) is 3. The van der Waals surface area contributed by atoms with Gasteiger partial charge in [-0.2, -0.15) is 0 Å². The summed E-state index contributed by atoms with van der Waals surface area (Å²) in [6, 6.07) is 38.7. The fourth-order valence-corrected chi connectivity index (χ4v) is 21.8. The summed E-state index contributed by atoms with van der Waals surface area (Å²) in [5, 5.41) is 8.88. The van der Waals surface area contributed by atoms with E-state index in [0.717, 1.165) is 45.0 Å². The molecule has 0 atom stereocenters. The first-order valence-corrected chi connectivity index (χ1v) is 46.6. The molecule has 2 aliphatic carbocycles. The summed E-state index contributed by atoms with van der Waals surface area (Å²) in [7, 11) is 0. The average molecular weight is 1690 g/mol. The van der Waals surface area contributed by atoms with E-state index in [1.807, 2.05) is 64.2 Å². The Hall–Kier alpha value is -6.50. The van der Waals surface area contributed by atoms with Crippen LogP contribution >= 0.6 is 11.3 Å². The maximum atomic E-state index is 14.1. The second-order valence-corrected chi connectivity index (χ2v) is 48.0. The predicted octanol–water partition coefficient (Wildman–Crippen LogP) is 34.3. The summed E-state index contributed by atoms with van der Waals surface area (Å²) in [5.41, 5.74) is 27.2. The van der Waals surface area contributed by atoms with E-state index in [4.69, 9.17) is 9.40 Å². The molecule has 0 radical (unpaired) electrons. The van der Waals surface area contributed by atoms with Gasteiger partial charge in [-0.05, 0) is 292 Å². The van der Waals surface area contributed by atoms with Crippen LogP contribution in [0.15, 0.2) is 114 Å². The Morgan fingerprint density at radius 2 is 0.797 bits per heavy atom. The molecule has 4 heterocycles. The van der Waals surface area contributed by atoms with Gasteiger partial charge in [0.15, 0.2) is 0 Å². The van der Waals surface area contributed by atoms with Gasteiger partial charge >= 0.3 is 81.5 Å². The second-order valence-electron chi connectivity index (χ2n) is 44.2. The van der Waals surface area contributed by atoms with Gasteiger partial charge in [0.25, 0.3) is 0 Å². The monoisotopic (exact) mass is 1690 g/mol. The molecule has 2 nitrogen and oxygen atoms in total. The molecule has 11 aromatic rings. The van der Waals surface area contributed by atoms with E-state index in [9.17, 15) is 13.2 Å². The first-order valence-electron chi connectivity index (χ1n) is 44.1. The molecule has 0 spiro atoms. The van der Waals surface area contributed by atoms with E-state index >= 15 is 0 Å². The first kappa shape index (κ1) is 98.6. The zero-order valence-corrected chi connectivity index (χ0v) is 84.0. The van der Waals surface area contributed by atoms with Gasteiger partial charge < -0.3 is 4.42 Å². The van der Waals surface area contributed by atoms with Crippen molar-refractivity contribution in [2.45, 2.75) is 389 Å². The van der Waals surface area contributed by atoms with Gasteiger partial charge in [0.05, 0.1) is 5.52 Å². The SMILES string of the molecule is Cc1[se]c(C(C)(C)C)c(C)c1C.Cc1c(C(C)(C)C)c(F)cc2ccccc12.Cc1c(C(C)(C)C)cc(C2CCC(C)(C)CC2)c2ccccc12.Cc1c(C(C)(C)C)cc(C2CCC(F)(F)CC2)c2ccccc12.Cc1ccc2c(C)c(C(C)(C)C)cc(C(C)(C)C)c2n1.Cc1oc(C(C)(C)C)c(C)c1C.Cc1sc(C(C)(C)C)c(C)c1C. The molecule has 13 rings (SSSR count). The van der Waals surface area contributed by atoms with E-state index in [1.165, 1.54) is 135 Å². The molecule has 4 aromatic heterocycles. The van der Waals surface area contributed by atoms with Crippen LogP contribution in [0.25, 0.3) is 43.2 Å². The minimum absolute atomic E-state index is 0.0186. The molecular weight excluding hydrogens is 1530 g/mol. The minimum Gasteiger partial charge on any atom is -0.465 e. The van der Waals surface area contributed by atoms with Crippen LogP contribution in [0.1, 0.15) is 374 Å². The van der Waals surface area contributed by atoms with Gasteiger partial charge in [0.2, 0.25) is 5.92 Å². The van der Waals surface area contributed by atoms with Gasteiger partial charge in [-0.3, -0.25) is 4.98 Å². The molecule has 0 bridgehead atoms. The van der Waals surface area contributed by atoms with Gasteiger partial charge in [-0.25, -0.2) is 13.2 Å². The van der Waals surface area contributed by atoms with Crippen molar-refractivity contribution < 1.29 is 17.6 Å². The number of halogens is 3. The Bertz CT molecular complexity index is 5010. The quantitative estimate of drug-likeness (QED) is 0.161. The van der Waals surface area contributed by atoms with Crippen LogP contribution in [0.3, 0.4) is 0 Å². The van der Waals surface area contributed by atoms with Crippen LogP contribution in [0.4, 0.5) is 13.2 Å². The summed E-state index contributed by atoms with van der Waals surface area (Å²) in [5.74, 6) is 0.596. The number of nitrogens with zero attached hydrogens (tertiary/aromatic N) is 1. The van der Waals surface area contributed by atoms with E-state index in [2.05, 4.69) is 327 Å². The fraction of sp³-hybridized carbons (Fsp3) is 0.541. The van der Waals surface area contributed by atoms with E-state index in [-0.39, 0.29) is 57.1 Å². The number of thiophene rings is 1. The van der Waals surface area contributed by atoms with Crippen LogP contribution in [-0.2, 0) is 43.3 Å². The van der Waals surface area contributed by atoms with Crippen molar-refractivity contribution in [2.24, 2.45) is 5.41 Å². The zero-order chi connectivity index (χ0) is 89.4. The normalized spacial score (nSPS) is 15.0. The van der Waals surface area contributed by atoms with E-state index < -0.39 is 5.92 Å². The number of fused-ring (bicyclic) bond motifs is 4. The van der Waals surface area contributed by atoms with Gasteiger partial charge in [0.1, 0.15) is 17.3 Å². The molecule has 7 heteroatoms. The van der Waals surface area contributed by atoms with Crippen LogP contribution in [0.5, 0.6) is 0 Å². The minimum atomic E-state index is -2.47. The Balaban J connectivity index is 0.000000193. The third-order valence-corrected chi connectivity index (χ3v) is 30.7. The number of aryl methyl sites for hydroxylation is 8. The molecule has 0 amide bonds. The average Bonchev–Trinajstić information content (AvgIpc) is 0.964. The largest absolute Gasteiger partial charge is 0.465 e. The molecule has 0 saturated heterocycles. The number of furan rings is 1. The second kappa shape index (κ2) is 37.3. The molecular formula is C111H156F3NOSSe. The smallest absolute Gasteiger partial charge is 0.248 e. The molecule has 0 aliphatic heterocycles. The van der Waals surface area contributed by atoms with Crippen LogP contribution < -0.4 is 0 Å². The molecule has 644 valence electrons. The third-order valence-electron chi connectivity index (χ3n) is 25.4. The summed E-state index contributed by atoms with van der Waals surface area (Å²) in [6.45, 7) is 89.3. The molecule has 2 aliphatic rings. The fourth-order valence-electron chi connectivity index (χ4n) is 18.0. The zero-order valence-electron chi connectivity index (χ0n) is 81.5. The summed E-state index contributed by atoms with van der Waals surface area (Å²) in [4.78, 5) is 7.84. The van der Waals surface area contributed by atoms with E-state index in [1.54, 1.807) is 31.6 Å². The Morgan fingerprint density at radius 1 is 0.381 bits per heavy atom. The van der Waals surface area contributed by atoms with Crippen molar-refractivity contribution in [2.75, 3.05) is 0 Å². The molecule has 118 heavy (non-hydrogen) atoms. The Morgan fingerprint density at radius 3 is 1.14 bits per heavy atom. The van der Waals surface area contributed by atoms with E-state index in [0.29, 0.717) is 43.6 Å². The van der Waals surface area contributed by atoms with Crippen molar-refractivity contribution >= 4 is 69.1 Å². The van der Waals surface area contributed by atoms with Gasteiger partial charge in [-0.1, -0.05) is 256 Å². The predicted molar refractivity (Wildman–Crippen MR) is 517 cm³/mol. The number of alkyl halides is 2. The van der Waals surface area contributed by atoms with Crippen LogP contribution in [0, 0.1) is 108 Å². The van der Waals surface area contributed by atoms with Crippen molar-refractivity contribution in [1.29, 1.82) is 0 Å². The third kappa shape index (κ3) is 24.1. The van der Waals surface area contributed by atoms with Gasteiger partial charge in [-0.15, -0.1) is 11.3 Å². The van der Waals surface area contributed by atoms with Crippen LogP contribution in [0.2, 0.25) is 0 Å². The molecule has 2 fully saturated rings. The van der Waals surface area contributed by atoms with Crippen molar-refractivity contribution in [1.82, 2.24) is 4.98 Å². The first-order chi connectivity index (χ1) is 53.8. The Kier molecular flexibility index (Phi) is 31.2. The van der Waals surface area contributed by atoms with Crippen molar-refractivity contribution in [3.63, 3.8) is 0 Å². The maximum absolute atomic E-state index is 14.1.